The van der Waals surface area contributed by atoms with Gasteiger partial charge in [0.15, 0.2) is 0 Å². The Morgan fingerprint density at radius 3 is 2.42 bits per heavy atom. The number of hydrogen-bond donors (Lipinski definition) is 1. The smallest absolute Gasteiger partial charge is 0.139 e. The van der Waals surface area contributed by atoms with E-state index in [1.807, 2.05) is 19.9 Å². The maximum absolute atomic E-state index is 13.5. The van der Waals surface area contributed by atoms with Gasteiger partial charge in [0, 0.05) is 16.8 Å². The molecule has 0 amide bonds. The van der Waals surface area contributed by atoms with Crippen molar-refractivity contribution in [2.75, 3.05) is 0 Å². The van der Waals surface area contributed by atoms with E-state index in [9.17, 15) is 4.39 Å². The van der Waals surface area contributed by atoms with Crippen molar-refractivity contribution in [3.8, 4) is 11.4 Å². The van der Waals surface area contributed by atoms with Crippen molar-refractivity contribution in [1.82, 2.24) is 9.97 Å². The molecular weight excluding hydrogens is 259 g/mol. The lowest BCUT2D eigenvalue weighted by molar-refractivity contribution is 0.627. The second-order valence-electron chi connectivity index (χ2n) is 5.10. The summed E-state index contributed by atoms with van der Waals surface area (Å²) in [4.78, 5) is 7.62. The standard InChI is InChI=1S/C15H17FN2S/c1-8(2)13-10(4)17-14(18-15(13)19)11-5-9(3)6-12(16)7-11/h5-8H,1-4H3,(H,17,18,19). The van der Waals surface area contributed by atoms with Crippen LogP contribution in [0.2, 0.25) is 0 Å². The average Bonchev–Trinajstić information content (AvgIpc) is 2.25. The predicted octanol–water partition coefficient (Wildman–Crippen LogP) is 4.69. The monoisotopic (exact) mass is 276 g/mol. The first-order valence-electron chi connectivity index (χ1n) is 6.27. The molecule has 0 aliphatic heterocycles. The fraction of sp³-hybridized carbons (Fsp3) is 0.333. The third-order valence-corrected chi connectivity index (χ3v) is 3.36. The summed E-state index contributed by atoms with van der Waals surface area (Å²) in [6.07, 6.45) is 0. The number of aromatic nitrogens is 2. The van der Waals surface area contributed by atoms with Crippen LogP contribution < -0.4 is 0 Å². The van der Waals surface area contributed by atoms with Gasteiger partial charge in [0.1, 0.15) is 16.3 Å². The molecule has 1 aromatic carbocycles. The highest BCUT2D eigenvalue weighted by molar-refractivity contribution is 7.71. The first-order valence-corrected chi connectivity index (χ1v) is 6.67. The summed E-state index contributed by atoms with van der Waals surface area (Å²) >= 11 is 5.34. The van der Waals surface area contributed by atoms with Crippen LogP contribution in [0.3, 0.4) is 0 Å². The number of aromatic amines is 1. The number of rotatable bonds is 2. The second-order valence-corrected chi connectivity index (χ2v) is 5.49. The van der Waals surface area contributed by atoms with E-state index in [0.717, 1.165) is 22.4 Å². The van der Waals surface area contributed by atoms with Gasteiger partial charge in [0.05, 0.1) is 0 Å². The number of halogens is 1. The molecule has 1 heterocycles. The molecule has 0 radical (unpaired) electrons. The van der Waals surface area contributed by atoms with Crippen LogP contribution in [0.25, 0.3) is 11.4 Å². The highest BCUT2D eigenvalue weighted by atomic mass is 32.1. The van der Waals surface area contributed by atoms with Gasteiger partial charge in [-0.1, -0.05) is 26.1 Å². The van der Waals surface area contributed by atoms with Crippen molar-refractivity contribution < 1.29 is 4.39 Å². The summed E-state index contributed by atoms with van der Waals surface area (Å²) < 4.78 is 14.0. The Hall–Kier alpha value is -1.55. The Balaban J connectivity index is 2.62. The summed E-state index contributed by atoms with van der Waals surface area (Å²) in [6.45, 7) is 8.00. The zero-order valence-electron chi connectivity index (χ0n) is 11.5. The normalized spacial score (nSPS) is 11.1. The number of benzene rings is 1. The summed E-state index contributed by atoms with van der Waals surface area (Å²) in [5.41, 5.74) is 3.63. The maximum atomic E-state index is 13.5. The van der Waals surface area contributed by atoms with Gasteiger partial charge in [-0.05, 0) is 43.5 Å². The molecular formula is C15H17FN2S. The van der Waals surface area contributed by atoms with E-state index in [2.05, 4.69) is 23.8 Å². The molecule has 1 N–H and O–H groups in total. The average molecular weight is 276 g/mol. The Morgan fingerprint density at radius 2 is 1.89 bits per heavy atom. The van der Waals surface area contributed by atoms with Crippen molar-refractivity contribution >= 4 is 12.2 Å². The van der Waals surface area contributed by atoms with Crippen LogP contribution in [0.5, 0.6) is 0 Å². The lowest BCUT2D eigenvalue weighted by Gasteiger charge is -2.12. The minimum Gasteiger partial charge on any atom is -0.343 e. The van der Waals surface area contributed by atoms with Crippen molar-refractivity contribution in [2.24, 2.45) is 0 Å². The molecule has 0 fully saturated rings. The molecule has 0 aliphatic rings. The van der Waals surface area contributed by atoms with E-state index in [1.54, 1.807) is 0 Å². The van der Waals surface area contributed by atoms with Gasteiger partial charge in [0.25, 0.3) is 0 Å². The first-order chi connectivity index (χ1) is 8.88. The van der Waals surface area contributed by atoms with E-state index in [1.165, 1.54) is 12.1 Å². The largest absolute Gasteiger partial charge is 0.343 e. The van der Waals surface area contributed by atoms with Crippen LogP contribution in [0.15, 0.2) is 18.2 Å². The molecule has 19 heavy (non-hydrogen) atoms. The molecule has 2 aromatic rings. The Bertz CT molecular complexity index is 654. The molecule has 0 bridgehead atoms. The molecule has 1 aromatic heterocycles. The fourth-order valence-electron chi connectivity index (χ4n) is 2.28. The Morgan fingerprint density at radius 1 is 1.21 bits per heavy atom. The number of H-pyrrole nitrogens is 1. The minimum absolute atomic E-state index is 0.262. The maximum Gasteiger partial charge on any atom is 0.139 e. The lowest BCUT2D eigenvalue weighted by atomic mass is 10.0. The van der Waals surface area contributed by atoms with Gasteiger partial charge in [-0.2, -0.15) is 0 Å². The van der Waals surface area contributed by atoms with Crippen LogP contribution in [0.4, 0.5) is 4.39 Å². The van der Waals surface area contributed by atoms with Gasteiger partial charge in [-0.3, -0.25) is 0 Å². The predicted molar refractivity (Wildman–Crippen MR) is 78.4 cm³/mol. The van der Waals surface area contributed by atoms with E-state index >= 15 is 0 Å². The van der Waals surface area contributed by atoms with Gasteiger partial charge in [0.2, 0.25) is 0 Å². The van der Waals surface area contributed by atoms with Crippen molar-refractivity contribution in [3.05, 3.63) is 45.5 Å². The molecule has 0 spiro atoms. The molecule has 2 nitrogen and oxygen atoms in total. The van der Waals surface area contributed by atoms with E-state index < -0.39 is 0 Å². The molecule has 100 valence electrons. The van der Waals surface area contributed by atoms with Crippen LogP contribution in [-0.4, -0.2) is 9.97 Å². The first kappa shape index (κ1) is 13.9. The molecule has 0 unspecified atom stereocenters. The SMILES string of the molecule is Cc1cc(F)cc(-c2nc(=S)c(C(C)C)c(C)[nH]2)c1. The summed E-state index contributed by atoms with van der Waals surface area (Å²) in [5, 5.41) is 0. The summed E-state index contributed by atoms with van der Waals surface area (Å²) in [7, 11) is 0. The summed E-state index contributed by atoms with van der Waals surface area (Å²) in [5.74, 6) is 0.677. The lowest BCUT2D eigenvalue weighted by Crippen LogP contribution is -2.02. The Labute approximate surface area is 117 Å². The minimum atomic E-state index is -0.262. The van der Waals surface area contributed by atoms with E-state index in [-0.39, 0.29) is 5.82 Å². The third kappa shape index (κ3) is 2.89. The number of nitrogens with zero attached hydrogens (tertiary/aromatic N) is 1. The molecule has 0 saturated heterocycles. The topological polar surface area (TPSA) is 28.7 Å². The van der Waals surface area contributed by atoms with E-state index in [0.29, 0.717) is 16.4 Å². The van der Waals surface area contributed by atoms with Gasteiger partial charge in [-0.25, -0.2) is 9.37 Å². The number of hydrogen-bond acceptors (Lipinski definition) is 2. The van der Waals surface area contributed by atoms with Crippen LogP contribution in [-0.2, 0) is 0 Å². The highest BCUT2D eigenvalue weighted by Crippen LogP contribution is 2.23. The number of nitrogens with one attached hydrogen (secondary N) is 1. The molecule has 4 heteroatoms. The van der Waals surface area contributed by atoms with Crippen molar-refractivity contribution in [3.63, 3.8) is 0 Å². The molecule has 0 atom stereocenters. The van der Waals surface area contributed by atoms with Crippen LogP contribution in [0, 0.1) is 24.3 Å². The van der Waals surface area contributed by atoms with Gasteiger partial charge >= 0.3 is 0 Å². The molecule has 0 aliphatic carbocycles. The van der Waals surface area contributed by atoms with Crippen LogP contribution in [0.1, 0.15) is 36.6 Å². The van der Waals surface area contributed by atoms with Crippen molar-refractivity contribution in [2.45, 2.75) is 33.6 Å². The van der Waals surface area contributed by atoms with Crippen LogP contribution >= 0.6 is 12.2 Å². The van der Waals surface area contributed by atoms with Crippen molar-refractivity contribution in [1.29, 1.82) is 0 Å². The van der Waals surface area contributed by atoms with E-state index in [4.69, 9.17) is 12.2 Å². The zero-order valence-corrected chi connectivity index (χ0v) is 12.4. The van der Waals surface area contributed by atoms with Gasteiger partial charge < -0.3 is 4.98 Å². The molecule has 2 rings (SSSR count). The third-order valence-electron chi connectivity index (χ3n) is 3.05. The Kier molecular flexibility index (Phi) is 3.80. The summed E-state index contributed by atoms with van der Waals surface area (Å²) in [6, 6.07) is 4.85. The fourth-order valence-corrected chi connectivity index (χ4v) is 2.76. The molecule has 0 saturated carbocycles. The number of aryl methyl sites for hydroxylation is 2. The quantitative estimate of drug-likeness (QED) is 0.806. The van der Waals surface area contributed by atoms with Gasteiger partial charge in [-0.15, -0.1) is 0 Å². The zero-order chi connectivity index (χ0) is 14.2. The highest BCUT2D eigenvalue weighted by Gasteiger charge is 2.11. The second kappa shape index (κ2) is 5.21.